The van der Waals surface area contributed by atoms with E-state index < -0.39 is 21.6 Å². The number of carbonyl (C=O) groups excluding carboxylic acids is 1. The third-order valence-corrected chi connectivity index (χ3v) is 7.82. The van der Waals surface area contributed by atoms with Crippen molar-refractivity contribution in [3.63, 3.8) is 0 Å². The van der Waals surface area contributed by atoms with Crippen LogP contribution in [0.3, 0.4) is 0 Å². The number of piperidine rings is 1. The first-order valence-electron chi connectivity index (χ1n) is 11.4. The second-order valence-corrected chi connectivity index (χ2v) is 10.4. The van der Waals surface area contributed by atoms with Crippen LogP contribution in [0.1, 0.15) is 28.8 Å². The summed E-state index contributed by atoms with van der Waals surface area (Å²) < 4.78 is 42.0. The average Bonchev–Trinajstić information content (AvgIpc) is 2.88. The Balaban J connectivity index is 1.27. The van der Waals surface area contributed by atoms with E-state index in [1.54, 1.807) is 53.6 Å². The lowest BCUT2D eigenvalue weighted by Crippen LogP contribution is -2.45. The van der Waals surface area contributed by atoms with E-state index >= 15 is 0 Å². The molecule has 10 heteroatoms. The van der Waals surface area contributed by atoms with Crippen molar-refractivity contribution in [1.82, 2.24) is 14.9 Å². The van der Waals surface area contributed by atoms with E-state index in [0.717, 1.165) is 0 Å². The fraction of sp³-hybridized carbons (Fsp3) is 0.192. The number of hydrogen-bond donors (Lipinski definition) is 2. The van der Waals surface area contributed by atoms with Crippen molar-refractivity contribution in [1.29, 1.82) is 0 Å². The van der Waals surface area contributed by atoms with Gasteiger partial charge in [-0.1, -0.05) is 18.2 Å². The Morgan fingerprint density at radius 3 is 2.42 bits per heavy atom. The van der Waals surface area contributed by atoms with E-state index in [2.05, 4.69) is 14.7 Å². The highest BCUT2D eigenvalue weighted by atomic mass is 32.2. The lowest BCUT2D eigenvalue weighted by molar-refractivity contribution is -0.0214. The largest absolute Gasteiger partial charge is 0.385 e. The molecule has 2 aromatic carbocycles. The number of sulfonamides is 1. The molecular weight excluding hydrogens is 483 g/mol. The molecule has 8 nitrogen and oxygen atoms in total. The van der Waals surface area contributed by atoms with Crippen LogP contribution in [0.25, 0.3) is 10.9 Å². The molecule has 0 unspecified atom stereocenters. The minimum atomic E-state index is -3.90. The summed E-state index contributed by atoms with van der Waals surface area (Å²) in [5, 5.41) is 11.7. The summed E-state index contributed by atoms with van der Waals surface area (Å²) in [6.45, 7) is 0.587. The number of benzene rings is 2. The summed E-state index contributed by atoms with van der Waals surface area (Å²) in [7, 11) is -3.90. The van der Waals surface area contributed by atoms with Gasteiger partial charge in [0.25, 0.3) is 15.9 Å². The van der Waals surface area contributed by atoms with Crippen LogP contribution >= 0.6 is 0 Å². The number of aliphatic hydroxyl groups is 1. The zero-order chi connectivity index (χ0) is 25.3. The van der Waals surface area contributed by atoms with Gasteiger partial charge >= 0.3 is 0 Å². The van der Waals surface area contributed by atoms with E-state index in [1.807, 2.05) is 0 Å². The van der Waals surface area contributed by atoms with E-state index in [0.29, 0.717) is 40.8 Å². The van der Waals surface area contributed by atoms with Crippen LogP contribution < -0.4 is 4.72 Å². The van der Waals surface area contributed by atoms with Crippen molar-refractivity contribution in [3.05, 3.63) is 96.2 Å². The molecule has 0 aliphatic carbocycles. The van der Waals surface area contributed by atoms with E-state index in [4.69, 9.17) is 0 Å². The Labute approximate surface area is 207 Å². The summed E-state index contributed by atoms with van der Waals surface area (Å²) >= 11 is 0. The van der Waals surface area contributed by atoms with E-state index in [-0.39, 0.29) is 23.6 Å². The predicted molar refractivity (Wildman–Crippen MR) is 132 cm³/mol. The number of hydrogen-bond acceptors (Lipinski definition) is 6. The fourth-order valence-corrected chi connectivity index (χ4v) is 5.67. The van der Waals surface area contributed by atoms with Gasteiger partial charge in [-0.25, -0.2) is 13.4 Å². The number of nitrogens with zero attached hydrogens (tertiary/aromatic N) is 3. The number of halogens is 1. The van der Waals surface area contributed by atoms with Gasteiger partial charge in [-0.2, -0.15) is 4.39 Å². The molecule has 36 heavy (non-hydrogen) atoms. The molecule has 1 aliphatic rings. The standard InChI is InChI=1S/C26H23FN4O4S/c27-23-17-20(10-14-28-23)26(33)11-15-31(16-12-26)25(32)19-6-8-21(9-7-19)30-36(34,35)22-5-1-3-18-4-2-13-29-24(18)22/h1-10,13-14,17,30,33H,11-12,15-16H2. The number of aromatic nitrogens is 2. The van der Waals surface area contributed by atoms with Crippen molar-refractivity contribution in [2.45, 2.75) is 23.3 Å². The molecule has 1 aliphatic heterocycles. The molecule has 0 saturated carbocycles. The van der Waals surface area contributed by atoms with Crippen molar-refractivity contribution in [2.24, 2.45) is 0 Å². The van der Waals surface area contributed by atoms with Gasteiger partial charge in [0, 0.05) is 42.1 Å². The summed E-state index contributed by atoms with van der Waals surface area (Å²) in [6, 6.07) is 17.4. The number of fused-ring (bicyclic) bond motifs is 1. The molecule has 0 atom stereocenters. The van der Waals surface area contributed by atoms with Crippen LogP contribution in [0.5, 0.6) is 0 Å². The molecule has 1 fully saturated rings. The number of para-hydroxylation sites is 1. The van der Waals surface area contributed by atoms with Crippen molar-refractivity contribution >= 4 is 32.5 Å². The van der Waals surface area contributed by atoms with Crippen LogP contribution in [0.15, 0.2) is 84.0 Å². The molecule has 184 valence electrons. The lowest BCUT2D eigenvalue weighted by atomic mass is 9.85. The molecular formula is C26H23FN4O4S. The molecule has 0 spiro atoms. The molecule has 1 saturated heterocycles. The number of likely N-dealkylation sites (tertiary alicyclic amines) is 1. The van der Waals surface area contributed by atoms with Gasteiger partial charge in [0.2, 0.25) is 5.95 Å². The van der Waals surface area contributed by atoms with E-state index in [9.17, 15) is 22.7 Å². The normalized spacial score (nSPS) is 15.6. The van der Waals surface area contributed by atoms with Gasteiger partial charge in [0.1, 0.15) is 4.90 Å². The summed E-state index contributed by atoms with van der Waals surface area (Å²) in [5.41, 5.74) is 0.301. The Morgan fingerprint density at radius 1 is 0.972 bits per heavy atom. The molecule has 2 N–H and O–H groups in total. The second kappa shape index (κ2) is 9.29. The highest BCUT2D eigenvalue weighted by Crippen LogP contribution is 2.33. The molecule has 5 rings (SSSR count). The van der Waals surface area contributed by atoms with Gasteiger partial charge in [-0.15, -0.1) is 0 Å². The van der Waals surface area contributed by atoms with Gasteiger partial charge in [-0.05, 0) is 66.9 Å². The molecule has 4 aromatic rings. The van der Waals surface area contributed by atoms with Gasteiger partial charge in [0.15, 0.2) is 0 Å². The summed E-state index contributed by atoms with van der Waals surface area (Å²) in [6.07, 6.45) is 3.38. The minimum Gasteiger partial charge on any atom is -0.385 e. The Bertz CT molecular complexity index is 1530. The number of amides is 1. The van der Waals surface area contributed by atoms with Crippen molar-refractivity contribution in [3.8, 4) is 0 Å². The highest BCUT2D eigenvalue weighted by Gasteiger charge is 2.36. The second-order valence-electron chi connectivity index (χ2n) is 8.71. The van der Waals surface area contributed by atoms with Crippen LogP contribution in [0.2, 0.25) is 0 Å². The van der Waals surface area contributed by atoms with Crippen molar-refractivity contribution < 1.29 is 22.7 Å². The van der Waals surface area contributed by atoms with Crippen molar-refractivity contribution in [2.75, 3.05) is 17.8 Å². The first-order valence-corrected chi connectivity index (χ1v) is 12.8. The smallest absolute Gasteiger partial charge is 0.264 e. The van der Waals surface area contributed by atoms with Crippen LogP contribution in [-0.2, 0) is 15.6 Å². The molecule has 0 bridgehead atoms. The van der Waals surface area contributed by atoms with Crippen LogP contribution in [-0.4, -0.2) is 47.4 Å². The number of nitrogens with one attached hydrogen (secondary N) is 1. The average molecular weight is 507 g/mol. The third kappa shape index (κ3) is 4.65. The van der Waals surface area contributed by atoms with Crippen LogP contribution in [0, 0.1) is 5.95 Å². The van der Waals surface area contributed by atoms with Gasteiger partial charge in [0.05, 0.1) is 11.1 Å². The van der Waals surface area contributed by atoms with Gasteiger partial charge < -0.3 is 10.0 Å². The lowest BCUT2D eigenvalue weighted by Gasteiger charge is -2.38. The molecule has 1 amide bonds. The number of carbonyl (C=O) groups is 1. The fourth-order valence-electron chi connectivity index (χ4n) is 4.43. The quantitative estimate of drug-likeness (QED) is 0.399. The summed E-state index contributed by atoms with van der Waals surface area (Å²) in [5.74, 6) is -0.891. The zero-order valence-corrected chi connectivity index (χ0v) is 20.0. The molecule has 3 heterocycles. The highest BCUT2D eigenvalue weighted by molar-refractivity contribution is 7.93. The third-order valence-electron chi connectivity index (χ3n) is 6.41. The van der Waals surface area contributed by atoms with Gasteiger partial charge in [-0.3, -0.25) is 14.5 Å². The Hall–Kier alpha value is -3.89. The number of rotatable bonds is 5. The Kier molecular flexibility index (Phi) is 6.15. The minimum absolute atomic E-state index is 0.0654. The first kappa shape index (κ1) is 23.8. The maximum Gasteiger partial charge on any atom is 0.264 e. The van der Waals surface area contributed by atoms with Crippen LogP contribution in [0.4, 0.5) is 10.1 Å². The number of pyridine rings is 2. The maximum atomic E-state index is 13.5. The monoisotopic (exact) mass is 506 g/mol. The molecule has 2 aromatic heterocycles. The number of anilines is 1. The van der Waals surface area contributed by atoms with E-state index in [1.165, 1.54) is 30.5 Å². The SMILES string of the molecule is O=C(c1ccc(NS(=O)(=O)c2cccc3cccnc23)cc1)N1CCC(O)(c2ccnc(F)c2)CC1. The zero-order valence-electron chi connectivity index (χ0n) is 19.1. The summed E-state index contributed by atoms with van der Waals surface area (Å²) in [4.78, 5) is 22.4. The first-order chi connectivity index (χ1) is 17.2. The Morgan fingerprint density at radius 2 is 1.69 bits per heavy atom. The molecule has 0 radical (unpaired) electrons. The topological polar surface area (TPSA) is 112 Å². The predicted octanol–water partition coefficient (Wildman–Crippen LogP) is 3.69. The maximum absolute atomic E-state index is 13.5.